The fourth-order valence-electron chi connectivity index (χ4n) is 3.12. The van der Waals surface area contributed by atoms with Gasteiger partial charge in [0.1, 0.15) is 0 Å². The van der Waals surface area contributed by atoms with Crippen molar-refractivity contribution in [2.45, 2.75) is 19.3 Å². The standard InChI is InChI=1S/C17H21N3O3/c21-16(22)13-4-3-9-20(11-13)17(23)18-8-7-12-10-19-15-6-2-1-5-14(12)15/h1-2,5-6,10,13,19H,3-4,7-9,11H2,(H,18,23)(H,21,22). The van der Waals surface area contributed by atoms with Gasteiger partial charge in [-0.1, -0.05) is 18.2 Å². The Hall–Kier alpha value is -2.50. The molecule has 2 aromatic rings. The molecule has 1 fully saturated rings. The minimum Gasteiger partial charge on any atom is -0.481 e. The van der Waals surface area contributed by atoms with E-state index < -0.39 is 11.9 Å². The number of hydrogen-bond donors (Lipinski definition) is 3. The normalized spacial score (nSPS) is 18.1. The number of fused-ring (bicyclic) bond motifs is 1. The summed E-state index contributed by atoms with van der Waals surface area (Å²) in [6.45, 7) is 1.46. The lowest BCUT2D eigenvalue weighted by molar-refractivity contribution is -0.143. The third kappa shape index (κ3) is 3.47. The maximum absolute atomic E-state index is 12.2. The molecule has 1 aliphatic heterocycles. The second-order valence-electron chi connectivity index (χ2n) is 5.96. The maximum Gasteiger partial charge on any atom is 0.317 e. The Morgan fingerprint density at radius 1 is 1.35 bits per heavy atom. The Balaban J connectivity index is 1.52. The first kappa shape index (κ1) is 15.4. The molecule has 1 unspecified atom stereocenters. The van der Waals surface area contributed by atoms with E-state index in [1.165, 1.54) is 10.9 Å². The number of carbonyl (C=O) groups is 2. The number of nitrogens with zero attached hydrogens (tertiary/aromatic N) is 1. The molecular formula is C17H21N3O3. The minimum atomic E-state index is -0.818. The van der Waals surface area contributed by atoms with Crippen molar-refractivity contribution in [2.24, 2.45) is 5.92 Å². The van der Waals surface area contributed by atoms with Crippen molar-refractivity contribution in [3.05, 3.63) is 36.0 Å². The number of para-hydroxylation sites is 1. The molecule has 2 heterocycles. The zero-order valence-corrected chi connectivity index (χ0v) is 12.9. The molecule has 1 saturated heterocycles. The topological polar surface area (TPSA) is 85.4 Å². The molecule has 6 heteroatoms. The monoisotopic (exact) mass is 315 g/mol. The van der Waals surface area contributed by atoms with Crippen LogP contribution in [0.5, 0.6) is 0 Å². The van der Waals surface area contributed by atoms with Crippen molar-refractivity contribution >= 4 is 22.9 Å². The molecule has 2 amide bonds. The van der Waals surface area contributed by atoms with Crippen LogP contribution in [-0.2, 0) is 11.2 Å². The summed E-state index contributed by atoms with van der Waals surface area (Å²) in [6, 6.07) is 7.90. The molecule has 23 heavy (non-hydrogen) atoms. The predicted molar refractivity (Wildman–Crippen MR) is 87.3 cm³/mol. The number of likely N-dealkylation sites (tertiary alicyclic amines) is 1. The van der Waals surface area contributed by atoms with Crippen molar-refractivity contribution in [3.63, 3.8) is 0 Å². The Labute approximate surface area is 134 Å². The van der Waals surface area contributed by atoms with E-state index in [0.29, 0.717) is 26.1 Å². The van der Waals surface area contributed by atoms with Crippen LogP contribution in [0.3, 0.4) is 0 Å². The van der Waals surface area contributed by atoms with Crippen LogP contribution in [-0.4, -0.2) is 46.6 Å². The van der Waals surface area contributed by atoms with E-state index in [1.54, 1.807) is 4.90 Å². The molecule has 1 aromatic heterocycles. The van der Waals surface area contributed by atoms with Crippen LogP contribution in [0.4, 0.5) is 4.79 Å². The van der Waals surface area contributed by atoms with Gasteiger partial charge in [-0.25, -0.2) is 4.79 Å². The molecule has 1 aromatic carbocycles. The summed E-state index contributed by atoms with van der Waals surface area (Å²) in [6.07, 6.45) is 4.10. The number of amides is 2. The Morgan fingerprint density at radius 2 is 2.17 bits per heavy atom. The van der Waals surface area contributed by atoms with Gasteiger partial charge in [0.2, 0.25) is 0 Å². The van der Waals surface area contributed by atoms with E-state index in [-0.39, 0.29) is 6.03 Å². The van der Waals surface area contributed by atoms with Crippen LogP contribution >= 0.6 is 0 Å². The van der Waals surface area contributed by atoms with Crippen LogP contribution < -0.4 is 5.32 Å². The lowest BCUT2D eigenvalue weighted by atomic mass is 9.99. The molecule has 0 radical (unpaired) electrons. The fraction of sp³-hybridized carbons (Fsp3) is 0.412. The Bertz CT molecular complexity index is 710. The van der Waals surface area contributed by atoms with E-state index in [0.717, 1.165) is 18.4 Å². The van der Waals surface area contributed by atoms with Gasteiger partial charge in [0, 0.05) is 36.7 Å². The van der Waals surface area contributed by atoms with Gasteiger partial charge in [-0.15, -0.1) is 0 Å². The third-order valence-electron chi connectivity index (χ3n) is 4.40. The maximum atomic E-state index is 12.2. The molecule has 6 nitrogen and oxygen atoms in total. The summed E-state index contributed by atoms with van der Waals surface area (Å²) < 4.78 is 0. The van der Waals surface area contributed by atoms with Crippen LogP contribution in [0, 0.1) is 5.92 Å². The second-order valence-corrected chi connectivity index (χ2v) is 5.96. The lowest BCUT2D eigenvalue weighted by Gasteiger charge is -2.30. The molecule has 122 valence electrons. The van der Waals surface area contributed by atoms with Gasteiger partial charge < -0.3 is 20.3 Å². The van der Waals surface area contributed by atoms with Crippen molar-refractivity contribution < 1.29 is 14.7 Å². The lowest BCUT2D eigenvalue weighted by Crippen LogP contribution is -2.47. The summed E-state index contributed by atoms with van der Waals surface area (Å²) in [4.78, 5) is 28.1. The zero-order chi connectivity index (χ0) is 16.2. The molecule has 1 atom stereocenters. The number of carbonyl (C=O) groups excluding carboxylic acids is 1. The van der Waals surface area contributed by atoms with Gasteiger partial charge in [0.05, 0.1) is 5.92 Å². The van der Waals surface area contributed by atoms with E-state index in [1.807, 2.05) is 24.4 Å². The third-order valence-corrected chi connectivity index (χ3v) is 4.40. The van der Waals surface area contributed by atoms with Crippen molar-refractivity contribution in [3.8, 4) is 0 Å². The highest BCUT2D eigenvalue weighted by Crippen LogP contribution is 2.18. The van der Waals surface area contributed by atoms with Crippen LogP contribution in [0.15, 0.2) is 30.5 Å². The van der Waals surface area contributed by atoms with Gasteiger partial charge in [0.25, 0.3) is 0 Å². The van der Waals surface area contributed by atoms with E-state index in [2.05, 4.69) is 16.4 Å². The molecule has 0 spiro atoms. The van der Waals surface area contributed by atoms with E-state index in [4.69, 9.17) is 5.11 Å². The highest BCUT2D eigenvalue weighted by Gasteiger charge is 2.27. The number of nitrogens with one attached hydrogen (secondary N) is 2. The SMILES string of the molecule is O=C(O)C1CCCN(C(=O)NCCc2c[nH]c3ccccc23)C1. The number of piperidine rings is 1. The van der Waals surface area contributed by atoms with Crippen molar-refractivity contribution in [2.75, 3.05) is 19.6 Å². The second kappa shape index (κ2) is 6.73. The predicted octanol–water partition coefficient (Wildman–Crippen LogP) is 2.22. The molecule has 1 aliphatic rings. The number of H-pyrrole nitrogens is 1. The first-order valence-corrected chi connectivity index (χ1v) is 7.95. The average Bonchev–Trinajstić information content (AvgIpc) is 2.98. The summed E-state index contributed by atoms with van der Waals surface area (Å²) in [5.41, 5.74) is 2.26. The number of aliphatic carboxylic acids is 1. The smallest absolute Gasteiger partial charge is 0.317 e. The average molecular weight is 315 g/mol. The van der Waals surface area contributed by atoms with E-state index in [9.17, 15) is 9.59 Å². The molecular weight excluding hydrogens is 294 g/mol. The zero-order valence-electron chi connectivity index (χ0n) is 12.9. The Kier molecular flexibility index (Phi) is 4.50. The molecule has 0 bridgehead atoms. The first-order valence-electron chi connectivity index (χ1n) is 7.95. The number of urea groups is 1. The van der Waals surface area contributed by atoms with Gasteiger partial charge in [-0.05, 0) is 30.9 Å². The van der Waals surface area contributed by atoms with Crippen molar-refractivity contribution in [1.29, 1.82) is 0 Å². The summed E-state index contributed by atoms with van der Waals surface area (Å²) in [5.74, 6) is -1.26. The highest BCUT2D eigenvalue weighted by atomic mass is 16.4. The number of aromatic amines is 1. The van der Waals surface area contributed by atoms with Gasteiger partial charge >= 0.3 is 12.0 Å². The van der Waals surface area contributed by atoms with E-state index >= 15 is 0 Å². The first-order chi connectivity index (χ1) is 11.1. The molecule has 0 saturated carbocycles. The minimum absolute atomic E-state index is 0.171. The number of rotatable bonds is 4. The van der Waals surface area contributed by atoms with Gasteiger partial charge in [0.15, 0.2) is 0 Å². The van der Waals surface area contributed by atoms with Crippen LogP contribution in [0.2, 0.25) is 0 Å². The molecule has 3 rings (SSSR count). The number of hydrogen-bond acceptors (Lipinski definition) is 2. The van der Waals surface area contributed by atoms with Crippen LogP contribution in [0.25, 0.3) is 10.9 Å². The number of carboxylic acids is 1. The summed E-state index contributed by atoms with van der Waals surface area (Å²) in [7, 11) is 0. The van der Waals surface area contributed by atoms with Gasteiger partial charge in [-0.3, -0.25) is 4.79 Å². The van der Waals surface area contributed by atoms with Gasteiger partial charge in [-0.2, -0.15) is 0 Å². The number of aromatic nitrogens is 1. The highest BCUT2D eigenvalue weighted by molar-refractivity contribution is 5.83. The Morgan fingerprint density at radius 3 is 3.00 bits per heavy atom. The quantitative estimate of drug-likeness (QED) is 0.808. The molecule has 0 aliphatic carbocycles. The molecule has 3 N–H and O–H groups in total. The summed E-state index contributed by atoms with van der Waals surface area (Å²) in [5, 5.41) is 13.1. The number of carboxylic acid groups (broad SMARTS) is 1. The summed E-state index contributed by atoms with van der Waals surface area (Å²) >= 11 is 0. The van der Waals surface area contributed by atoms with Crippen molar-refractivity contribution in [1.82, 2.24) is 15.2 Å². The van der Waals surface area contributed by atoms with Crippen LogP contribution in [0.1, 0.15) is 18.4 Å². The fourth-order valence-corrected chi connectivity index (χ4v) is 3.12. The number of benzene rings is 1. The largest absolute Gasteiger partial charge is 0.481 e.